The van der Waals surface area contributed by atoms with Crippen LogP contribution in [-0.2, 0) is 28.6 Å². The van der Waals surface area contributed by atoms with Crippen molar-refractivity contribution >= 4 is 17.9 Å². The van der Waals surface area contributed by atoms with Crippen molar-refractivity contribution in [2.45, 2.75) is 316 Å². The molecule has 6 nitrogen and oxygen atoms in total. The van der Waals surface area contributed by atoms with E-state index >= 15 is 0 Å². The van der Waals surface area contributed by atoms with Gasteiger partial charge in [-0.25, -0.2) is 0 Å². The molecular formula is C66H116O6. The molecule has 0 amide bonds. The smallest absolute Gasteiger partial charge is 0.306 e. The lowest BCUT2D eigenvalue weighted by molar-refractivity contribution is -0.167. The fourth-order valence-electron chi connectivity index (χ4n) is 8.82. The third-order valence-corrected chi connectivity index (χ3v) is 13.4. The molecule has 0 rings (SSSR count). The van der Waals surface area contributed by atoms with Gasteiger partial charge in [-0.1, -0.05) is 273 Å². The highest BCUT2D eigenvalue weighted by molar-refractivity contribution is 5.71. The summed E-state index contributed by atoms with van der Waals surface area (Å²) < 4.78 is 16.9. The molecule has 0 aliphatic rings. The van der Waals surface area contributed by atoms with Gasteiger partial charge in [-0.3, -0.25) is 14.4 Å². The minimum absolute atomic E-state index is 0.0896. The van der Waals surface area contributed by atoms with Crippen molar-refractivity contribution < 1.29 is 28.6 Å². The van der Waals surface area contributed by atoms with E-state index in [0.717, 1.165) is 103 Å². The third-order valence-electron chi connectivity index (χ3n) is 13.4. The Morgan fingerprint density at radius 1 is 0.292 bits per heavy atom. The first-order chi connectivity index (χ1) is 35.5. The maximum atomic E-state index is 12.9. The van der Waals surface area contributed by atoms with Crippen molar-refractivity contribution in [2.24, 2.45) is 0 Å². The van der Waals surface area contributed by atoms with E-state index in [-0.39, 0.29) is 31.1 Å². The van der Waals surface area contributed by atoms with Crippen molar-refractivity contribution in [3.05, 3.63) is 72.9 Å². The first-order valence-corrected chi connectivity index (χ1v) is 30.9. The highest BCUT2D eigenvalue weighted by Gasteiger charge is 2.19. The van der Waals surface area contributed by atoms with Crippen LogP contribution in [0.4, 0.5) is 0 Å². The molecular weight excluding hydrogens is 889 g/mol. The topological polar surface area (TPSA) is 78.9 Å². The predicted octanol–water partition coefficient (Wildman–Crippen LogP) is 20.9. The highest BCUT2D eigenvalue weighted by atomic mass is 16.6. The molecule has 72 heavy (non-hydrogen) atoms. The maximum Gasteiger partial charge on any atom is 0.306 e. The molecule has 0 N–H and O–H groups in total. The molecule has 1 unspecified atom stereocenters. The average molecular weight is 1010 g/mol. The van der Waals surface area contributed by atoms with E-state index in [2.05, 4.69) is 93.7 Å². The summed E-state index contributed by atoms with van der Waals surface area (Å²) in [6, 6.07) is 0. The number of hydrogen-bond donors (Lipinski definition) is 0. The molecule has 0 aromatic carbocycles. The number of rotatable bonds is 56. The van der Waals surface area contributed by atoms with E-state index in [1.807, 2.05) is 0 Å². The van der Waals surface area contributed by atoms with Gasteiger partial charge in [0.1, 0.15) is 13.2 Å². The predicted molar refractivity (Wildman–Crippen MR) is 311 cm³/mol. The summed E-state index contributed by atoms with van der Waals surface area (Å²) in [5.74, 6) is -0.917. The molecule has 0 aliphatic carbocycles. The number of ether oxygens (including phenoxy) is 3. The van der Waals surface area contributed by atoms with Gasteiger partial charge in [0.05, 0.1) is 0 Å². The van der Waals surface area contributed by atoms with Crippen LogP contribution in [0.1, 0.15) is 310 Å². The van der Waals surface area contributed by atoms with Crippen molar-refractivity contribution in [3.8, 4) is 0 Å². The second-order valence-corrected chi connectivity index (χ2v) is 20.6. The van der Waals surface area contributed by atoms with Gasteiger partial charge in [-0.15, -0.1) is 0 Å². The molecule has 0 bridgehead atoms. The van der Waals surface area contributed by atoms with Gasteiger partial charge in [0.15, 0.2) is 6.10 Å². The molecule has 1 atom stereocenters. The average Bonchev–Trinajstić information content (AvgIpc) is 3.38. The van der Waals surface area contributed by atoms with Crippen molar-refractivity contribution in [2.75, 3.05) is 13.2 Å². The first kappa shape index (κ1) is 68.8. The Labute approximate surface area is 446 Å². The number of unbranched alkanes of at least 4 members (excludes halogenated alkanes) is 33. The second-order valence-electron chi connectivity index (χ2n) is 20.6. The van der Waals surface area contributed by atoms with Crippen LogP contribution in [0.3, 0.4) is 0 Å². The molecule has 6 heteroatoms. The Hall–Kier alpha value is -3.15. The van der Waals surface area contributed by atoms with Crippen LogP contribution < -0.4 is 0 Å². The van der Waals surface area contributed by atoms with Gasteiger partial charge in [0.25, 0.3) is 0 Å². The van der Waals surface area contributed by atoms with Crippen LogP contribution in [0, 0.1) is 0 Å². The van der Waals surface area contributed by atoms with Crippen LogP contribution >= 0.6 is 0 Å². The van der Waals surface area contributed by atoms with Crippen molar-refractivity contribution in [3.63, 3.8) is 0 Å². The minimum atomic E-state index is -0.792. The minimum Gasteiger partial charge on any atom is -0.462 e. The van der Waals surface area contributed by atoms with E-state index in [0.29, 0.717) is 19.3 Å². The molecule has 0 aromatic heterocycles. The second kappa shape index (κ2) is 60.4. The van der Waals surface area contributed by atoms with E-state index in [4.69, 9.17) is 14.2 Å². The molecule has 416 valence electrons. The standard InChI is InChI=1S/C66H116O6/c1-4-7-10-13-16-19-22-25-27-29-31-33-35-36-38-41-44-47-50-53-56-59-65(68)71-62-63(61-70-64(67)58-55-52-49-46-43-40-24-21-18-15-12-9-6-3)72-66(69)60-57-54-51-48-45-42-39-37-34-32-30-28-26-23-20-17-14-11-8-5-2/h9,12,18,21-22,25,29,31,35-36,40,43,63H,4-8,10-11,13-17,19-20,23-24,26-28,30,32-34,37-39,41-42,44-62H2,1-3H3/b12-9-,21-18-,25-22-,31-29-,36-35-,43-40-. The van der Waals surface area contributed by atoms with E-state index in [9.17, 15) is 14.4 Å². The molecule has 0 radical (unpaired) electrons. The molecule has 0 saturated carbocycles. The number of carbonyl (C=O) groups excluding carboxylic acids is 3. The van der Waals surface area contributed by atoms with E-state index in [1.54, 1.807) is 0 Å². The Balaban J connectivity index is 4.37. The molecule has 0 heterocycles. The molecule has 0 aliphatic heterocycles. The fraction of sp³-hybridized carbons (Fsp3) is 0.773. The number of esters is 3. The normalized spacial score (nSPS) is 12.5. The van der Waals surface area contributed by atoms with Gasteiger partial charge >= 0.3 is 17.9 Å². The van der Waals surface area contributed by atoms with Gasteiger partial charge in [-0.2, -0.15) is 0 Å². The van der Waals surface area contributed by atoms with Crippen molar-refractivity contribution in [1.82, 2.24) is 0 Å². The Bertz CT molecular complexity index is 1340. The Morgan fingerprint density at radius 2 is 0.542 bits per heavy atom. The molecule has 0 fully saturated rings. The monoisotopic (exact) mass is 1000 g/mol. The maximum absolute atomic E-state index is 12.9. The largest absolute Gasteiger partial charge is 0.462 e. The summed E-state index contributed by atoms with van der Waals surface area (Å²) in [6.45, 7) is 6.51. The number of carbonyl (C=O) groups is 3. The van der Waals surface area contributed by atoms with Gasteiger partial charge in [0, 0.05) is 19.3 Å². The summed E-state index contributed by atoms with van der Waals surface area (Å²) in [6.07, 6.45) is 77.6. The highest BCUT2D eigenvalue weighted by Crippen LogP contribution is 2.17. The zero-order valence-electron chi connectivity index (χ0n) is 47.7. The van der Waals surface area contributed by atoms with Gasteiger partial charge in [0.2, 0.25) is 0 Å². The Kier molecular flexibility index (Phi) is 57.8. The lowest BCUT2D eigenvalue weighted by atomic mass is 10.0. The van der Waals surface area contributed by atoms with Crippen LogP contribution in [0.2, 0.25) is 0 Å². The summed E-state index contributed by atoms with van der Waals surface area (Å²) in [7, 11) is 0. The van der Waals surface area contributed by atoms with E-state index in [1.165, 1.54) is 167 Å². The van der Waals surface area contributed by atoms with Crippen molar-refractivity contribution in [1.29, 1.82) is 0 Å². The van der Waals surface area contributed by atoms with Crippen LogP contribution in [0.25, 0.3) is 0 Å². The molecule has 0 spiro atoms. The molecule has 0 aromatic rings. The third kappa shape index (κ3) is 57.7. The van der Waals surface area contributed by atoms with E-state index < -0.39 is 6.10 Å². The fourth-order valence-corrected chi connectivity index (χ4v) is 8.82. The number of hydrogen-bond acceptors (Lipinski definition) is 6. The number of allylic oxidation sites excluding steroid dienone is 12. The van der Waals surface area contributed by atoms with Gasteiger partial charge in [-0.05, 0) is 89.9 Å². The summed E-state index contributed by atoms with van der Waals surface area (Å²) in [4.78, 5) is 38.2. The summed E-state index contributed by atoms with van der Waals surface area (Å²) in [5.41, 5.74) is 0. The Morgan fingerprint density at radius 3 is 0.861 bits per heavy atom. The summed E-state index contributed by atoms with van der Waals surface area (Å²) in [5, 5.41) is 0. The molecule has 0 saturated heterocycles. The van der Waals surface area contributed by atoms with Crippen LogP contribution in [-0.4, -0.2) is 37.2 Å². The lowest BCUT2D eigenvalue weighted by Crippen LogP contribution is -2.30. The first-order valence-electron chi connectivity index (χ1n) is 30.9. The van der Waals surface area contributed by atoms with Gasteiger partial charge < -0.3 is 14.2 Å². The van der Waals surface area contributed by atoms with Crippen LogP contribution in [0.5, 0.6) is 0 Å². The zero-order valence-corrected chi connectivity index (χ0v) is 47.7. The SMILES string of the molecule is CC/C=C\C/C=C\C/C=C\CCCCCC(=O)OCC(COC(=O)CCCCCCCC/C=C\C/C=C\C/C=C\CCCCCCC)OC(=O)CCCCCCCCCCCCCCCCCCCCCC. The zero-order chi connectivity index (χ0) is 52.2. The quantitative estimate of drug-likeness (QED) is 0.0261. The summed E-state index contributed by atoms with van der Waals surface area (Å²) >= 11 is 0. The van der Waals surface area contributed by atoms with Crippen LogP contribution in [0.15, 0.2) is 72.9 Å². The lowest BCUT2D eigenvalue weighted by Gasteiger charge is -2.18.